The molecule has 0 fully saturated rings. The number of aryl methyl sites for hydroxylation is 1. The molecule has 0 atom stereocenters. The number of nitrogens with one attached hydrogen (secondary N) is 3. The summed E-state index contributed by atoms with van der Waals surface area (Å²) in [6.45, 7) is 3.76. The number of rotatable bonds is 7. The van der Waals surface area contributed by atoms with Crippen LogP contribution >= 0.6 is 0 Å². The highest BCUT2D eigenvalue weighted by molar-refractivity contribution is 5.76. The summed E-state index contributed by atoms with van der Waals surface area (Å²) >= 11 is 0. The van der Waals surface area contributed by atoms with E-state index in [0.29, 0.717) is 0 Å². The monoisotopic (exact) mass is 233 g/mol. The SMILES string of the molecule is C=CCCCc1cc(NC)c(NC)cc1NC. The van der Waals surface area contributed by atoms with Gasteiger partial charge in [-0.25, -0.2) is 0 Å². The third-order valence-electron chi connectivity index (χ3n) is 2.91. The van der Waals surface area contributed by atoms with Crippen LogP contribution in [0.1, 0.15) is 18.4 Å². The van der Waals surface area contributed by atoms with Gasteiger partial charge in [0.1, 0.15) is 0 Å². The molecular formula is C14H23N3. The molecule has 0 amide bonds. The number of hydrogen-bond donors (Lipinski definition) is 3. The summed E-state index contributed by atoms with van der Waals surface area (Å²) in [5.41, 5.74) is 4.79. The van der Waals surface area contributed by atoms with Gasteiger partial charge < -0.3 is 16.0 Å². The Hall–Kier alpha value is -1.64. The largest absolute Gasteiger partial charge is 0.388 e. The zero-order valence-corrected chi connectivity index (χ0v) is 11.1. The minimum absolute atomic E-state index is 1.06. The summed E-state index contributed by atoms with van der Waals surface area (Å²) in [6.07, 6.45) is 5.24. The molecule has 0 aliphatic carbocycles. The summed E-state index contributed by atoms with van der Waals surface area (Å²) in [4.78, 5) is 0. The van der Waals surface area contributed by atoms with Gasteiger partial charge in [0.25, 0.3) is 0 Å². The van der Waals surface area contributed by atoms with Crippen LogP contribution in [0.4, 0.5) is 17.1 Å². The molecule has 1 aromatic rings. The predicted octanol–water partition coefficient (Wildman–Crippen LogP) is 3.32. The molecule has 0 unspecified atom stereocenters. The molecule has 3 nitrogen and oxygen atoms in total. The lowest BCUT2D eigenvalue weighted by Crippen LogP contribution is -2.02. The molecular weight excluding hydrogens is 210 g/mol. The van der Waals surface area contributed by atoms with Crippen LogP contribution in [0, 0.1) is 0 Å². The van der Waals surface area contributed by atoms with Crippen LogP contribution in [0.3, 0.4) is 0 Å². The van der Waals surface area contributed by atoms with Gasteiger partial charge in [-0.2, -0.15) is 0 Å². The van der Waals surface area contributed by atoms with Gasteiger partial charge in [-0.15, -0.1) is 6.58 Å². The van der Waals surface area contributed by atoms with E-state index in [1.807, 2.05) is 27.2 Å². The number of allylic oxidation sites excluding steroid dienone is 1. The molecule has 1 aromatic carbocycles. The second-order valence-corrected chi connectivity index (χ2v) is 3.99. The second kappa shape index (κ2) is 6.84. The van der Waals surface area contributed by atoms with Crippen molar-refractivity contribution < 1.29 is 0 Å². The Morgan fingerprint density at radius 3 is 2.12 bits per heavy atom. The van der Waals surface area contributed by atoms with Crippen LogP contribution in [-0.4, -0.2) is 21.1 Å². The fraction of sp³-hybridized carbons (Fsp3) is 0.429. The van der Waals surface area contributed by atoms with Gasteiger partial charge in [-0.1, -0.05) is 6.08 Å². The normalized spacial score (nSPS) is 9.82. The molecule has 0 heterocycles. The first-order valence-corrected chi connectivity index (χ1v) is 6.07. The van der Waals surface area contributed by atoms with Gasteiger partial charge in [0, 0.05) is 26.8 Å². The molecule has 0 radical (unpaired) electrons. The summed E-state index contributed by atoms with van der Waals surface area (Å²) in [6, 6.07) is 4.36. The maximum absolute atomic E-state index is 3.76. The van der Waals surface area contributed by atoms with Gasteiger partial charge in [0.15, 0.2) is 0 Å². The zero-order valence-electron chi connectivity index (χ0n) is 11.1. The van der Waals surface area contributed by atoms with Gasteiger partial charge in [-0.05, 0) is 37.0 Å². The Bertz CT molecular complexity index is 372. The molecule has 0 bridgehead atoms. The Balaban J connectivity index is 2.97. The lowest BCUT2D eigenvalue weighted by atomic mass is 10.0. The number of unbranched alkanes of at least 4 members (excludes halogenated alkanes) is 1. The Morgan fingerprint density at radius 1 is 1.00 bits per heavy atom. The van der Waals surface area contributed by atoms with Crippen molar-refractivity contribution in [3.05, 3.63) is 30.4 Å². The van der Waals surface area contributed by atoms with Crippen LogP contribution < -0.4 is 16.0 Å². The molecule has 0 aliphatic heterocycles. The van der Waals surface area contributed by atoms with Crippen LogP contribution in [-0.2, 0) is 6.42 Å². The average molecular weight is 233 g/mol. The van der Waals surface area contributed by atoms with Crippen molar-refractivity contribution in [2.45, 2.75) is 19.3 Å². The smallest absolute Gasteiger partial charge is 0.0594 e. The third kappa shape index (κ3) is 3.41. The van der Waals surface area contributed by atoms with Crippen molar-refractivity contribution in [1.29, 1.82) is 0 Å². The van der Waals surface area contributed by atoms with Gasteiger partial charge in [0.05, 0.1) is 11.4 Å². The molecule has 94 valence electrons. The maximum atomic E-state index is 3.76. The van der Waals surface area contributed by atoms with Crippen LogP contribution in [0.2, 0.25) is 0 Å². The van der Waals surface area contributed by atoms with Crippen molar-refractivity contribution in [2.24, 2.45) is 0 Å². The van der Waals surface area contributed by atoms with Gasteiger partial charge in [-0.3, -0.25) is 0 Å². The minimum Gasteiger partial charge on any atom is -0.388 e. The van der Waals surface area contributed by atoms with Crippen molar-refractivity contribution in [3.63, 3.8) is 0 Å². The fourth-order valence-electron chi connectivity index (χ4n) is 1.93. The second-order valence-electron chi connectivity index (χ2n) is 3.99. The van der Waals surface area contributed by atoms with Crippen LogP contribution in [0.5, 0.6) is 0 Å². The molecule has 3 N–H and O–H groups in total. The van der Waals surface area contributed by atoms with Crippen molar-refractivity contribution in [1.82, 2.24) is 0 Å². The molecule has 1 rings (SSSR count). The van der Waals surface area contributed by atoms with Gasteiger partial charge >= 0.3 is 0 Å². The Kier molecular flexibility index (Phi) is 5.40. The first-order chi connectivity index (χ1) is 8.26. The van der Waals surface area contributed by atoms with E-state index in [1.54, 1.807) is 0 Å². The summed E-state index contributed by atoms with van der Waals surface area (Å²) in [7, 11) is 5.85. The standard InChI is InChI=1S/C14H23N3/c1-5-6-7-8-11-9-13(16-3)14(17-4)10-12(11)15-2/h5,9-10,15-17H,1,6-8H2,2-4H3. The van der Waals surface area contributed by atoms with Crippen molar-refractivity contribution in [2.75, 3.05) is 37.1 Å². The van der Waals surface area contributed by atoms with Crippen molar-refractivity contribution >= 4 is 17.1 Å². The molecule has 3 heteroatoms. The fourth-order valence-corrected chi connectivity index (χ4v) is 1.93. The zero-order chi connectivity index (χ0) is 12.7. The molecule has 0 aliphatic rings. The van der Waals surface area contributed by atoms with E-state index in [1.165, 1.54) is 11.3 Å². The minimum atomic E-state index is 1.06. The van der Waals surface area contributed by atoms with E-state index in [-0.39, 0.29) is 0 Å². The first kappa shape index (κ1) is 13.4. The topological polar surface area (TPSA) is 36.1 Å². The molecule has 0 aromatic heterocycles. The quantitative estimate of drug-likeness (QED) is 0.499. The Labute approximate surface area is 104 Å². The highest BCUT2D eigenvalue weighted by atomic mass is 14.9. The Morgan fingerprint density at radius 2 is 1.59 bits per heavy atom. The third-order valence-corrected chi connectivity index (χ3v) is 2.91. The highest BCUT2D eigenvalue weighted by Crippen LogP contribution is 2.30. The summed E-state index contributed by atoms with van der Waals surface area (Å²) < 4.78 is 0. The van der Waals surface area contributed by atoms with E-state index >= 15 is 0 Å². The van der Waals surface area contributed by atoms with Crippen LogP contribution in [0.15, 0.2) is 24.8 Å². The first-order valence-electron chi connectivity index (χ1n) is 6.07. The predicted molar refractivity (Wildman–Crippen MR) is 78.2 cm³/mol. The molecule has 0 saturated carbocycles. The molecule has 0 spiro atoms. The summed E-state index contributed by atoms with van der Waals surface area (Å²) in [5.74, 6) is 0. The summed E-state index contributed by atoms with van der Waals surface area (Å²) in [5, 5.41) is 9.67. The van der Waals surface area contributed by atoms with Gasteiger partial charge in [0.2, 0.25) is 0 Å². The van der Waals surface area contributed by atoms with E-state index in [2.05, 4.69) is 34.7 Å². The molecule has 0 saturated heterocycles. The van der Waals surface area contributed by atoms with Crippen molar-refractivity contribution in [3.8, 4) is 0 Å². The lowest BCUT2D eigenvalue weighted by Gasteiger charge is -2.15. The number of anilines is 3. The van der Waals surface area contributed by atoms with E-state index in [0.717, 1.165) is 30.6 Å². The highest BCUT2D eigenvalue weighted by Gasteiger charge is 2.07. The van der Waals surface area contributed by atoms with E-state index < -0.39 is 0 Å². The number of benzene rings is 1. The van der Waals surface area contributed by atoms with Crippen LogP contribution in [0.25, 0.3) is 0 Å². The van der Waals surface area contributed by atoms with E-state index in [9.17, 15) is 0 Å². The average Bonchev–Trinajstić information content (AvgIpc) is 2.38. The lowest BCUT2D eigenvalue weighted by molar-refractivity contribution is 0.845. The molecule has 17 heavy (non-hydrogen) atoms. The number of hydrogen-bond acceptors (Lipinski definition) is 3. The van der Waals surface area contributed by atoms with E-state index in [4.69, 9.17) is 0 Å². The maximum Gasteiger partial charge on any atom is 0.0594 e.